The molecule has 1 nitrogen and oxygen atoms in total. The first-order chi connectivity index (χ1) is 6.84. The lowest BCUT2D eigenvalue weighted by atomic mass is 9.94. The van der Waals surface area contributed by atoms with Gasteiger partial charge in [0.1, 0.15) is 5.75 Å². The molecule has 0 aromatic heterocycles. The Morgan fingerprint density at radius 2 is 1.71 bits per heavy atom. The van der Waals surface area contributed by atoms with Crippen molar-refractivity contribution in [2.45, 2.75) is 31.8 Å². The Morgan fingerprint density at radius 3 is 2.36 bits per heavy atom. The second-order valence-corrected chi connectivity index (χ2v) is 3.88. The summed E-state index contributed by atoms with van der Waals surface area (Å²) in [4.78, 5) is 0. The Bertz CT molecular complexity index is 292. The second kappa shape index (κ2) is 4.32. The molecule has 1 saturated carbocycles. The molecule has 0 bridgehead atoms. The Kier molecular flexibility index (Phi) is 2.87. The molecule has 1 aromatic rings. The summed E-state index contributed by atoms with van der Waals surface area (Å²) in [6, 6.07) is 10.1. The monoisotopic (exact) mass is 188 g/mol. The van der Waals surface area contributed by atoms with Crippen molar-refractivity contribution in [1.82, 2.24) is 0 Å². The number of rotatable bonds is 2. The predicted octanol–water partition coefficient (Wildman–Crippen LogP) is 3.56. The van der Waals surface area contributed by atoms with Gasteiger partial charge in [-0.25, -0.2) is 0 Å². The Hall–Kier alpha value is -1.24. The summed E-state index contributed by atoms with van der Waals surface area (Å²) in [5, 5.41) is 0. The van der Waals surface area contributed by atoms with Gasteiger partial charge in [-0.3, -0.25) is 0 Å². The maximum Gasteiger partial charge on any atom is 0.119 e. The molecule has 0 unspecified atom stereocenters. The molecule has 1 fully saturated rings. The standard InChI is InChI=1S/C13H16O/c1-11-7-9-13(10-8-11)14-12-5-3-2-4-6-12/h2-6,13H,1,7-10H2. The van der Waals surface area contributed by atoms with Crippen molar-refractivity contribution in [2.24, 2.45) is 0 Å². The maximum absolute atomic E-state index is 5.86. The molecule has 1 aliphatic rings. The fraction of sp³-hybridized carbons (Fsp3) is 0.385. The van der Waals surface area contributed by atoms with Gasteiger partial charge in [-0.2, -0.15) is 0 Å². The number of hydrogen-bond donors (Lipinski definition) is 0. The van der Waals surface area contributed by atoms with E-state index in [0.717, 1.165) is 31.4 Å². The number of para-hydroxylation sites is 1. The second-order valence-electron chi connectivity index (χ2n) is 3.88. The molecular formula is C13H16O. The van der Waals surface area contributed by atoms with Gasteiger partial charge in [0.2, 0.25) is 0 Å². The fourth-order valence-electron chi connectivity index (χ4n) is 1.81. The average Bonchev–Trinajstić information content (AvgIpc) is 2.23. The van der Waals surface area contributed by atoms with E-state index in [-0.39, 0.29) is 0 Å². The SMILES string of the molecule is C=C1CCC(Oc2ccccc2)CC1. The number of benzene rings is 1. The van der Waals surface area contributed by atoms with Crippen LogP contribution in [0.1, 0.15) is 25.7 Å². The topological polar surface area (TPSA) is 9.23 Å². The van der Waals surface area contributed by atoms with E-state index in [1.165, 1.54) is 5.57 Å². The van der Waals surface area contributed by atoms with Crippen LogP contribution in [0, 0.1) is 0 Å². The summed E-state index contributed by atoms with van der Waals surface area (Å²) < 4.78 is 5.86. The summed E-state index contributed by atoms with van der Waals surface area (Å²) in [7, 11) is 0. The van der Waals surface area contributed by atoms with Crippen LogP contribution >= 0.6 is 0 Å². The van der Waals surface area contributed by atoms with Crippen LogP contribution in [0.15, 0.2) is 42.5 Å². The summed E-state index contributed by atoms with van der Waals surface area (Å²) in [5.41, 5.74) is 1.37. The van der Waals surface area contributed by atoms with Gasteiger partial charge < -0.3 is 4.74 Å². The first kappa shape index (κ1) is 9.32. The van der Waals surface area contributed by atoms with E-state index in [9.17, 15) is 0 Å². The molecular weight excluding hydrogens is 172 g/mol. The van der Waals surface area contributed by atoms with Gasteiger partial charge in [-0.15, -0.1) is 0 Å². The van der Waals surface area contributed by atoms with E-state index in [2.05, 4.69) is 6.58 Å². The normalized spacial score (nSPS) is 18.1. The highest BCUT2D eigenvalue weighted by molar-refractivity contribution is 5.21. The Morgan fingerprint density at radius 1 is 1.07 bits per heavy atom. The highest BCUT2D eigenvalue weighted by Crippen LogP contribution is 2.25. The lowest BCUT2D eigenvalue weighted by Crippen LogP contribution is -2.20. The molecule has 0 radical (unpaired) electrons. The first-order valence-corrected chi connectivity index (χ1v) is 5.23. The zero-order valence-corrected chi connectivity index (χ0v) is 8.41. The summed E-state index contributed by atoms with van der Waals surface area (Å²) in [5.74, 6) is 0.991. The predicted molar refractivity (Wildman–Crippen MR) is 58.5 cm³/mol. The number of allylic oxidation sites excluding steroid dienone is 1. The molecule has 1 aliphatic carbocycles. The number of ether oxygens (including phenoxy) is 1. The van der Waals surface area contributed by atoms with Gasteiger partial charge in [-0.1, -0.05) is 30.4 Å². The Labute approximate surface area is 85.4 Å². The lowest BCUT2D eigenvalue weighted by Gasteiger charge is -2.24. The third-order valence-corrected chi connectivity index (χ3v) is 2.69. The molecule has 0 aliphatic heterocycles. The molecule has 14 heavy (non-hydrogen) atoms. The van der Waals surface area contributed by atoms with E-state index in [1.54, 1.807) is 0 Å². The molecule has 0 atom stereocenters. The Balaban J connectivity index is 1.89. The minimum Gasteiger partial charge on any atom is -0.490 e. The van der Waals surface area contributed by atoms with Crippen molar-refractivity contribution in [1.29, 1.82) is 0 Å². The van der Waals surface area contributed by atoms with Gasteiger partial charge in [0.15, 0.2) is 0 Å². The summed E-state index contributed by atoms with van der Waals surface area (Å²) >= 11 is 0. The lowest BCUT2D eigenvalue weighted by molar-refractivity contribution is 0.169. The zero-order chi connectivity index (χ0) is 9.80. The van der Waals surface area contributed by atoms with E-state index in [0.29, 0.717) is 6.10 Å². The molecule has 1 heteroatoms. The average molecular weight is 188 g/mol. The highest BCUT2D eigenvalue weighted by atomic mass is 16.5. The van der Waals surface area contributed by atoms with Gasteiger partial charge in [0, 0.05) is 0 Å². The van der Waals surface area contributed by atoms with Crippen LogP contribution in [-0.2, 0) is 0 Å². The summed E-state index contributed by atoms with van der Waals surface area (Å²) in [6.07, 6.45) is 4.87. The van der Waals surface area contributed by atoms with Crippen molar-refractivity contribution >= 4 is 0 Å². The molecule has 0 heterocycles. The fourth-order valence-corrected chi connectivity index (χ4v) is 1.81. The smallest absolute Gasteiger partial charge is 0.119 e. The van der Waals surface area contributed by atoms with Crippen LogP contribution < -0.4 is 4.74 Å². The minimum atomic E-state index is 0.392. The third-order valence-electron chi connectivity index (χ3n) is 2.69. The van der Waals surface area contributed by atoms with E-state index >= 15 is 0 Å². The maximum atomic E-state index is 5.86. The van der Waals surface area contributed by atoms with Crippen LogP contribution in [0.25, 0.3) is 0 Å². The van der Waals surface area contributed by atoms with Gasteiger partial charge >= 0.3 is 0 Å². The van der Waals surface area contributed by atoms with Gasteiger partial charge in [0.05, 0.1) is 6.10 Å². The van der Waals surface area contributed by atoms with Crippen LogP contribution in [0.2, 0.25) is 0 Å². The molecule has 0 N–H and O–H groups in total. The van der Waals surface area contributed by atoms with Crippen molar-refractivity contribution in [3.8, 4) is 5.75 Å². The van der Waals surface area contributed by atoms with Crippen molar-refractivity contribution < 1.29 is 4.74 Å². The largest absolute Gasteiger partial charge is 0.490 e. The third kappa shape index (κ3) is 2.38. The molecule has 0 spiro atoms. The van der Waals surface area contributed by atoms with Crippen LogP contribution in [-0.4, -0.2) is 6.10 Å². The molecule has 0 amide bonds. The van der Waals surface area contributed by atoms with Gasteiger partial charge in [-0.05, 0) is 37.8 Å². The van der Waals surface area contributed by atoms with Crippen LogP contribution in [0.4, 0.5) is 0 Å². The van der Waals surface area contributed by atoms with Crippen LogP contribution in [0.5, 0.6) is 5.75 Å². The molecule has 2 rings (SSSR count). The van der Waals surface area contributed by atoms with E-state index in [4.69, 9.17) is 4.74 Å². The van der Waals surface area contributed by atoms with Crippen molar-refractivity contribution in [3.05, 3.63) is 42.5 Å². The van der Waals surface area contributed by atoms with Crippen molar-refractivity contribution in [3.63, 3.8) is 0 Å². The molecule has 0 saturated heterocycles. The molecule has 74 valence electrons. The minimum absolute atomic E-state index is 0.392. The first-order valence-electron chi connectivity index (χ1n) is 5.23. The quantitative estimate of drug-likeness (QED) is 0.645. The number of hydrogen-bond acceptors (Lipinski definition) is 1. The molecule has 1 aromatic carbocycles. The summed E-state index contributed by atoms with van der Waals surface area (Å²) in [6.45, 7) is 4.00. The van der Waals surface area contributed by atoms with Crippen molar-refractivity contribution in [2.75, 3.05) is 0 Å². The highest BCUT2D eigenvalue weighted by Gasteiger charge is 2.16. The zero-order valence-electron chi connectivity index (χ0n) is 8.41. The van der Waals surface area contributed by atoms with E-state index < -0.39 is 0 Å². The van der Waals surface area contributed by atoms with Crippen LogP contribution in [0.3, 0.4) is 0 Å². The van der Waals surface area contributed by atoms with Gasteiger partial charge in [0.25, 0.3) is 0 Å². The van der Waals surface area contributed by atoms with E-state index in [1.807, 2.05) is 30.3 Å².